The van der Waals surface area contributed by atoms with E-state index in [4.69, 9.17) is 19.4 Å². The third-order valence-electron chi connectivity index (χ3n) is 3.04. The molecule has 28 heavy (non-hydrogen) atoms. The Balaban J connectivity index is 1.97. The van der Waals surface area contributed by atoms with Crippen LogP contribution in [0.25, 0.3) is 0 Å². The number of ether oxygens (including phenoxy) is 1. The average molecular weight is 467 g/mol. The van der Waals surface area contributed by atoms with Gasteiger partial charge in [0.1, 0.15) is 0 Å². The van der Waals surface area contributed by atoms with Crippen LogP contribution in [0.2, 0.25) is 0 Å². The normalized spacial score (nSPS) is 25.0. The maximum Gasteiger partial charge on any atom is 0.490 e. The largest absolute Gasteiger partial charge is 0.490 e. The zero-order valence-corrected chi connectivity index (χ0v) is 16.4. The van der Waals surface area contributed by atoms with Crippen molar-refractivity contribution in [2.45, 2.75) is 12.3 Å². The standard InChI is InChI=1S/C9H16N3O13P3/c13-7-1-2-12(9(14)11-7)8-4-10-3-6(23-8)5-22-27(18,19)25-28(20,21)24-26(15,16)17/h1-2,6,8,10H,3-5H2,(H,18,19)(H,20,21)(H,11,13,14)(H2,15,16,17). The Bertz CT molecular complexity index is 952. The zero-order chi connectivity index (χ0) is 21.2. The molecule has 4 atom stereocenters. The molecule has 0 bridgehead atoms. The number of hydrogen-bond donors (Lipinski definition) is 6. The van der Waals surface area contributed by atoms with E-state index in [2.05, 4.69) is 18.5 Å². The highest BCUT2D eigenvalue weighted by Crippen LogP contribution is 2.66. The summed E-state index contributed by atoms with van der Waals surface area (Å²) < 4.78 is 51.6. The van der Waals surface area contributed by atoms with Gasteiger partial charge >= 0.3 is 29.2 Å². The Hall–Kier alpha value is -0.990. The lowest BCUT2D eigenvalue weighted by molar-refractivity contribution is -0.0955. The highest BCUT2D eigenvalue weighted by atomic mass is 31.3. The van der Waals surface area contributed by atoms with E-state index in [1.165, 1.54) is 6.20 Å². The first-order valence-corrected chi connectivity index (χ1v) is 11.7. The summed E-state index contributed by atoms with van der Waals surface area (Å²) in [7, 11) is -16.4. The van der Waals surface area contributed by atoms with Gasteiger partial charge in [-0.1, -0.05) is 0 Å². The lowest BCUT2D eigenvalue weighted by atomic mass is 10.3. The highest BCUT2D eigenvalue weighted by Gasteiger charge is 2.41. The van der Waals surface area contributed by atoms with Crippen molar-refractivity contribution < 1.29 is 51.2 Å². The highest BCUT2D eigenvalue weighted by molar-refractivity contribution is 7.66. The minimum atomic E-state index is -5.61. The van der Waals surface area contributed by atoms with Crippen molar-refractivity contribution in [2.75, 3.05) is 19.7 Å². The van der Waals surface area contributed by atoms with Crippen LogP contribution in [0.5, 0.6) is 0 Å². The van der Waals surface area contributed by atoms with Gasteiger partial charge in [-0.05, 0) is 0 Å². The Morgan fingerprint density at radius 3 is 2.39 bits per heavy atom. The van der Waals surface area contributed by atoms with Crippen LogP contribution in [-0.2, 0) is 31.6 Å². The molecule has 0 radical (unpaired) electrons. The summed E-state index contributed by atoms with van der Waals surface area (Å²) in [5.41, 5.74) is -1.37. The Labute approximate surface area is 155 Å². The van der Waals surface area contributed by atoms with Crippen LogP contribution in [0.1, 0.15) is 6.23 Å². The first-order valence-electron chi connectivity index (χ1n) is 7.22. The molecular formula is C9H16N3O13P3. The maximum atomic E-state index is 11.8. The average Bonchev–Trinajstić information content (AvgIpc) is 2.50. The molecule has 1 aliphatic rings. The molecule has 2 heterocycles. The van der Waals surface area contributed by atoms with E-state index in [1.807, 2.05) is 4.98 Å². The number of hydrogen-bond acceptors (Lipinski definition) is 10. The molecule has 0 saturated carbocycles. The summed E-state index contributed by atoms with van der Waals surface area (Å²) in [5, 5.41) is 2.84. The van der Waals surface area contributed by atoms with Gasteiger partial charge in [0, 0.05) is 25.4 Å². The van der Waals surface area contributed by atoms with Gasteiger partial charge in [-0.25, -0.2) is 18.5 Å². The van der Waals surface area contributed by atoms with Crippen LogP contribution in [0.4, 0.5) is 0 Å². The summed E-state index contributed by atoms with van der Waals surface area (Å²) in [6.07, 6.45) is -0.673. The molecule has 1 aliphatic heterocycles. The number of rotatable bonds is 8. The lowest BCUT2D eigenvalue weighted by Gasteiger charge is -2.31. The van der Waals surface area contributed by atoms with Gasteiger partial charge in [0.15, 0.2) is 6.23 Å². The lowest BCUT2D eigenvalue weighted by Crippen LogP contribution is -2.47. The van der Waals surface area contributed by atoms with Crippen molar-refractivity contribution in [2.24, 2.45) is 0 Å². The molecule has 1 aromatic rings. The van der Waals surface area contributed by atoms with E-state index in [-0.39, 0.29) is 13.1 Å². The van der Waals surface area contributed by atoms with E-state index in [9.17, 15) is 28.2 Å². The summed E-state index contributed by atoms with van der Waals surface area (Å²) in [4.78, 5) is 60.2. The number of nitrogens with one attached hydrogen (secondary N) is 2. The molecule has 1 fully saturated rings. The molecule has 1 saturated heterocycles. The quantitative estimate of drug-likeness (QED) is 0.235. The number of aromatic nitrogens is 2. The van der Waals surface area contributed by atoms with Gasteiger partial charge in [0.2, 0.25) is 0 Å². The van der Waals surface area contributed by atoms with Gasteiger partial charge in [-0.15, -0.1) is 0 Å². The fraction of sp³-hybridized carbons (Fsp3) is 0.556. The number of aromatic amines is 1. The van der Waals surface area contributed by atoms with Crippen LogP contribution in [0, 0.1) is 0 Å². The molecule has 19 heteroatoms. The molecule has 6 N–H and O–H groups in total. The SMILES string of the molecule is O=c1ccn(C2CNCC(COP(=O)(O)OP(=O)(O)OP(=O)(O)O)O2)c(=O)[nH]1. The monoisotopic (exact) mass is 467 g/mol. The number of morpholine rings is 1. The third-order valence-corrected chi connectivity index (χ3v) is 6.84. The molecule has 1 aromatic heterocycles. The van der Waals surface area contributed by atoms with Gasteiger partial charge in [-0.3, -0.25) is 18.9 Å². The number of phosphoric acid groups is 3. The second-order valence-electron chi connectivity index (χ2n) is 5.28. The summed E-state index contributed by atoms with van der Waals surface area (Å²) >= 11 is 0. The topological polar surface area (TPSA) is 236 Å². The Kier molecular flexibility index (Phi) is 7.32. The fourth-order valence-electron chi connectivity index (χ4n) is 2.08. The van der Waals surface area contributed by atoms with E-state index < -0.39 is 53.7 Å². The van der Waals surface area contributed by atoms with E-state index in [0.717, 1.165) is 10.6 Å². The summed E-state index contributed by atoms with van der Waals surface area (Å²) in [6, 6.07) is 1.08. The molecular weight excluding hydrogens is 451 g/mol. The van der Waals surface area contributed by atoms with Crippen LogP contribution >= 0.6 is 23.5 Å². The number of phosphoric ester groups is 1. The zero-order valence-electron chi connectivity index (χ0n) is 13.7. The number of H-pyrrole nitrogens is 1. The van der Waals surface area contributed by atoms with Crippen molar-refractivity contribution in [3.8, 4) is 0 Å². The summed E-state index contributed by atoms with van der Waals surface area (Å²) in [5.74, 6) is 0. The molecule has 2 rings (SSSR count). The van der Waals surface area contributed by atoms with Crippen LogP contribution in [0.15, 0.2) is 21.9 Å². The molecule has 0 spiro atoms. The minimum Gasteiger partial charge on any atom is -0.350 e. The van der Waals surface area contributed by atoms with Crippen LogP contribution < -0.4 is 16.6 Å². The second-order valence-corrected chi connectivity index (χ2v) is 9.70. The predicted octanol–water partition coefficient (Wildman–Crippen LogP) is -1.63. The van der Waals surface area contributed by atoms with Crippen molar-refractivity contribution >= 4 is 23.5 Å². The molecule has 0 amide bonds. The van der Waals surface area contributed by atoms with E-state index in [0.29, 0.717) is 0 Å². The Morgan fingerprint density at radius 2 is 1.79 bits per heavy atom. The van der Waals surface area contributed by atoms with Crippen molar-refractivity contribution in [3.63, 3.8) is 0 Å². The van der Waals surface area contributed by atoms with E-state index in [1.54, 1.807) is 0 Å². The minimum absolute atomic E-state index is 0.0877. The molecule has 0 aliphatic carbocycles. The molecule has 160 valence electrons. The molecule has 16 nitrogen and oxygen atoms in total. The first-order chi connectivity index (χ1) is 12.8. The van der Waals surface area contributed by atoms with Crippen LogP contribution in [0.3, 0.4) is 0 Å². The molecule has 4 unspecified atom stereocenters. The fourth-order valence-corrected chi connectivity index (χ4v) is 5.13. The third kappa shape index (κ3) is 7.44. The second kappa shape index (κ2) is 8.79. The Morgan fingerprint density at radius 1 is 1.11 bits per heavy atom. The van der Waals surface area contributed by atoms with Gasteiger partial charge in [0.05, 0.1) is 12.7 Å². The van der Waals surface area contributed by atoms with E-state index >= 15 is 0 Å². The summed E-state index contributed by atoms with van der Waals surface area (Å²) in [6.45, 7) is -0.437. The van der Waals surface area contributed by atoms with Gasteiger partial charge in [0.25, 0.3) is 5.56 Å². The number of nitrogens with zero attached hydrogens (tertiary/aromatic N) is 1. The maximum absolute atomic E-state index is 11.8. The van der Waals surface area contributed by atoms with Gasteiger partial charge < -0.3 is 29.6 Å². The predicted molar refractivity (Wildman–Crippen MR) is 87.9 cm³/mol. The first kappa shape index (κ1) is 23.3. The smallest absolute Gasteiger partial charge is 0.350 e. The van der Waals surface area contributed by atoms with Crippen molar-refractivity contribution in [3.05, 3.63) is 33.1 Å². The van der Waals surface area contributed by atoms with Crippen LogP contribution in [-0.4, -0.2) is 54.9 Å². The van der Waals surface area contributed by atoms with Crippen molar-refractivity contribution in [1.29, 1.82) is 0 Å². The molecule has 0 aromatic carbocycles. The van der Waals surface area contributed by atoms with Crippen molar-refractivity contribution in [1.82, 2.24) is 14.9 Å². The van der Waals surface area contributed by atoms with Gasteiger partial charge in [-0.2, -0.15) is 8.62 Å².